The van der Waals surface area contributed by atoms with E-state index in [0.29, 0.717) is 6.42 Å². The molecule has 0 aliphatic heterocycles. The molecule has 0 aromatic carbocycles. The van der Waals surface area contributed by atoms with Crippen LogP contribution in [0.5, 0.6) is 0 Å². The van der Waals surface area contributed by atoms with Gasteiger partial charge in [-0.25, -0.2) is 0 Å². The molecule has 7 N–H and O–H groups in total. The van der Waals surface area contributed by atoms with E-state index in [1.165, 1.54) is 32.1 Å². The van der Waals surface area contributed by atoms with Crippen LogP contribution in [0.25, 0.3) is 0 Å². The molecule has 0 aliphatic carbocycles. The number of aliphatic carboxylic acids is 4. The van der Waals surface area contributed by atoms with Crippen LogP contribution in [-0.4, -0.2) is 78.9 Å². The van der Waals surface area contributed by atoms with Gasteiger partial charge in [-0.3, -0.25) is 19.2 Å². The lowest BCUT2D eigenvalue weighted by atomic mass is 10.1. The van der Waals surface area contributed by atoms with Crippen LogP contribution in [0.15, 0.2) is 0 Å². The van der Waals surface area contributed by atoms with E-state index in [-0.39, 0.29) is 13.2 Å². The lowest BCUT2D eigenvalue weighted by molar-refractivity contribution is -0.137. The van der Waals surface area contributed by atoms with Gasteiger partial charge in [0, 0.05) is 27.2 Å². The molecule has 0 aromatic heterocycles. The predicted molar refractivity (Wildman–Crippen MR) is 110 cm³/mol. The van der Waals surface area contributed by atoms with Gasteiger partial charge in [-0.05, 0) is 6.42 Å². The molecule has 0 fully saturated rings. The largest absolute Gasteiger partial charge is 0.481 e. The van der Waals surface area contributed by atoms with E-state index in [0.717, 1.165) is 33.6 Å². The molecule has 0 aromatic rings. The molecule has 0 bridgehead atoms. The first-order valence-electron chi connectivity index (χ1n) is 9.48. The minimum atomic E-state index is -0.954. The number of aliphatic hydroxyl groups is 3. The number of hydrogen-bond donors (Lipinski definition) is 7. The van der Waals surface area contributed by atoms with E-state index in [1.54, 1.807) is 0 Å². The summed E-state index contributed by atoms with van der Waals surface area (Å²) < 4.78 is 0. The molecule has 0 unspecified atom stereocenters. The highest BCUT2D eigenvalue weighted by Gasteiger charge is 1.95. The Kier molecular flexibility index (Phi) is 43.8. The van der Waals surface area contributed by atoms with Crippen molar-refractivity contribution in [3.05, 3.63) is 0 Å². The van der Waals surface area contributed by atoms with Crippen LogP contribution in [0, 0.1) is 0 Å². The third-order valence-electron chi connectivity index (χ3n) is 2.42. The molecule has 11 nitrogen and oxygen atoms in total. The highest BCUT2D eigenvalue weighted by atomic mass is 16.4. The Balaban J connectivity index is -0.0000000971. The number of hydrogen-bond acceptors (Lipinski definition) is 7. The molecule has 0 heterocycles. The summed E-state index contributed by atoms with van der Waals surface area (Å²) in [5.41, 5.74) is 0. The van der Waals surface area contributed by atoms with Crippen molar-refractivity contribution in [2.45, 2.75) is 85.2 Å². The van der Waals surface area contributed by atoms with E-state index >= 15 is 0 Å². The van der Waals surface area contributed by atoms with Crippen molar-refractivity contribution in [3.63, 3.8) is 0 Å². The first-order valence-corrected chi connectivity index (χ1v) is 9.48. The molecule has 0 saturated heterocycles. The lowest BCUT2D eigenvalue weighted by Gasteiger charge is -1.98. The Morgan fingerprint density at radius 1 is 0.633 bits per heavy atom. The summed E-state index contributed by atoms with van der Waals surface area (Å²) in [6.07, 6.45) is 7.69. The van der Waals surface area contributed by atoms with E-state index in [1.807, 2.05) is 0 Å². The zero-order valence-corrected chi connectivity index (χ0v) is 18.4. The molecule has 0 rings (SSSR count). The Bertz CT molecular complexity index is 353. The Morgan fingerprint density at radius 2 is 0.900 bits per heavy atom. The van der Waals surface area contributed by atoms with Crippen LogP contribution < -0.4 is 0 Å². The van der Waals surface area contributed by atoms with E-state index in [2.05, 4.69) is 6.92 Å². The van der Waals surface area contributed by atoms with Crippen LogP contribution in [0.3, 0.4) is 0 Å². The smallest absolute Gasteiger partial charge is 0.303 e. The quantitative estimate of drug-likeness (QED) is 0.241. The molecule has 0 spiro atoms. The third-order valence-corrected chi connectivity index (χ3v) is 2.42. The zero-order valence-electron chi connectivity index (χ0n) is 18.4. The SMILES string of the molecule is CC(=O)O.CC(=O)O.CC(=O)O.CCCCCCCCCC(=O)O.OCC(O)CO. The van der Waals surface area contributed by atoms with Crippen molar-refractivity contribution in [3.8, 4) is 0 Å². The minimum absolute atomic E-state index is 0.341. The second-order valence-corrected chi connectivity index (χ2v) is 5.84. The highest BCUT2D eigenvalue weighted by molar-refractivity contribution is 5.66. The number of carbonyl (C=O) groups is 4. The van der Waals surface area contributed by atoms with Crippen molar-refractivity contribution in [2.24, 2.45) is 0 Å². The van der Waals surface area contributed by atoms with Crippen LogP contribution in [0.4, 0.5) is 0 Å². The maximum absolute atomic E-state index is 10.1. The van der Waals surface area contributed by atoms with Crippen molar-refractivity contribution < 1.29 is 54.9 Å². The van der Waals surface area contributed by atoms with E-state index in [9.17, 15) is 4.79 Å². The van der Waals surface area contributed by atoms with Gasteiger partial charge in [0.15, 0.2) is 0 Å². The van der Waals surface area contributed by atoms with Gasteiger partial charge in [0.1, 0.15) is 6.10 Å². The van der Waals surface area contributed by atoms with Crippen LogP contribution in [-0.2, 0) is 19.2 Å². The maximum Gasteiger partial charge on any atom is 0.303 e. The second kappa shape index (κ2) is 34.3. The standard InChI is InChI=1S/C10H20O2.C3H8O3.3C2H4O2/c1-2-3-4-5-6-7-8-9-10(11)12;4-1-3(6)2-5;3*1-2(3)4/h2-9H2,1H3,(H,11,12);3-6H,1-2H2;3*1H3,(H,3,4). The van der Waals surface area contributed by atoms with E-state index in [4.69, 9.17) is 50.1 Å². The van der Waals surface area contributed by atoms with Gasteiger partial charge < -0.3 is 35.7 Å². The summed E-state index contributed by atoms with van der Waals surface area (Å²) >= 11 is 0. The fourth-order valence-corrected chi connectivity index (χ4v) is 1.29. The number of unbranched alkanes of at least 4 members (excludes halogenated alkanes) is 6. The number of rotatable bonds is 10. The summed E-state index contributed by atoms with van der Waals surface area (Å²) in [6.45, 7) is 4.72. The van der Waals surface area contributed by atoms with E-state index < -0.39 is 30.0 Å². The highest BCUT2D eigenvalue weighted by Crippen LogP contribution is 2.07. The summed E-state index contributed by atoms with van der Waals surface area (Å²) in [7, 11) is 0. The molecular formula is C19H40O11. The van der Waals surface area contributed by atoms with Crippen LogP contribution in [0.2, 0.25) is 0 Å². The molecule has 182 valence electrons. The number of aliphatic hydroxyl groups excluding tert-OH is 3. The average molecular weight is 445 g/mol. The maximum atomic E-state index is 10.1. The fourth-order valence-electron chi connectivity index (χ4n) is 1.29. The molecule has 0 saturated carbocycles. The van der Waals surface area contributed by atoms with Crippen molar-refractivity contribution >= 4 is 23.9 Å². The summed E-state index contributed by atoms with van der Waals surface area (Å²) in [4.78, 5) is 37.1. The van der Waals surface area contributed by atoms with Gasteiger partial charge in [0.25, 0.3) is 17.9 Å². The Labute approximate surface area is 178 Å². The van der Waals surface area contributed by atoms with Crippen LogP contribution in [0.1, 0.15) is 79.1 Å². The van der Waals surface area contributed by atoms with Gasteiger partial charge in [-0.1, -0.05) is 45.4 Å². The van der Waals surface area contributed by atoms with Crippen molar-refractivity contribution in [1.29, 1.82) is 0 Å². The topological polar surface area (TPSA) is 210 Å². The molecule has 11 heteroatoms. The lowest BCUT2D eigenvalue weighted by Crippen LogP contribution is -2.15. The minimum Gasteiger partial charge on any atom is -0.481 e. The molecule has 30 heavy (non-hydrogen) atoms. The molecule has 0 aliphatic rings. The molecule has 0 atom stereocenters. The first-order chi connectivity index (χ1) is 13.8. The summed E-state index contributed by atoms with van der Waals surface area (Å²) in [5, 5.41) is 54.6. The first kappa shape index (κ1) is 38.4. The van der Waals surface area contributed by atoms with Crippen molar-refractivity contribution in [2.75, 3.05) is 13.2 Å². The molecule has 0 amide bonds. The van der Waals surface area contributed by atoms with Gasteiger partial charge in [0.2, 0.25) is 0 Å². The van der Waals surface area contributed by atoms with Gasteiger partial charge in [0.05, 0.1) is 13.2 Å². The average Bonchev–Trinajstić information content (AvgIpc) is 2.59. The van der Waals surface area contributed by atoms with Gasteiger partial charge in [-0.2, -0.15) is 0 Å². The summed E-state index contributed by atoms with van der Waals surface area (Å²) in [5.74, 6) is -3.16. The normalized spacial score (nSPS) is 8.53. The second-order valence-electron chi connectivity index (χ2n) is 5.84. The third kappa shape index (κ3) is 136. The van der Waals surface area contributed by atoms with Crippen molar-refractivity contribution in [1.82, 2.24) is 0 Å². The Morgan fingerprint density at radius 3 is 1.10 bits per heavy atom. The predicted octanol–water partition coefficient (Wildman–Crippen LogP) is 1.82. The summed E-state index contributed by atoms with van der Waals surface area (Å²) in [6, 6.07) is 0. The fraction of sp³-hybridized carbons (Fsp3) is 0.789. The Hall–Kier alpha value is -2.24. The monoisotopic (exact) mass is 444 g/mol. The van der Waals surface area contributed by atoms with Crippen LogP contribution >= 0.6 is 0 Å². The number of carboxylic acid groups (broad SMARTS) is 4. The number of carboxylic acids is 4. The molecular weight excluding hydrogens is 404 g/mol. The van der Waals surface area contributed by atoms with Gasteiger partial charge >= 0.3 is 5.97 Å². The van der Waals surface area contributed by atoms with Gasteiger partial charge in [-0.15, -0.1) is 0 Å². The zero-order chi connectivity index (χ0) is 25.0. The molecule has 0 radical (unpaired) electrons.